The van der Waals surface area contributed by atoms with E-state index in [1.807, 2.05) is 0 Å². The van der Waals surface area contributed by atoms with Crippen LogP contribution in [0.25, 0.3) is 0 Å². The number of thiophene rings is 1. The molecule has 3 aromatic rings. The third-order valence-electron chi connectivity index (χ3n) is 3.92. The molecule has 1 aromatic heterocycles. The fourth-order valence-electron chi connectivity index (χ4n) is 2.55. The third kappa shape index (κ3) is 3.60. The van der Waals surface area contributed by atoms with Gasteiger partial charge in [-0.05, 0) is 49.7 Å². The van der Waals surface area contributed by atoms with Crippen molar-refractivity contribution in [3.8, 4) is 0 Å². The largest absolute Gasteiger partial charge is 0.294 e. The van der Waals surface area contributed by atoms with Crippen LogP contribution in [0.3, 0.4) is 0 Å². The van der Waals surface area contributed by atoms with E-state index in [0.29, 0.717) is 9.27 Å². The van der Waals surface area contributed by atoms with Crippen LogP contribution < -0.4 is 3.71 Å². The van der Waals surface area contributed by atoms with Gasteiger partial charge in [-0.2, -0.15) is 16.8 Å². The first-order valence-corrected chi connectivity index (χ1v) is 11.9. The molecule has 0 aliphatic rings. The maximum atomic E-state index is 13.4. The number of Topliss-reactive ketones (excluding diaryl/α,β-unsaturated/α-hetero) is 1. The minimum absolute atomic E-state index is 0.0297. The fraction of sp³-hybridized carbons (Fsp3) is 0.105. The minimum atomic E-state index is -4.45. The molecule has 0 saturated heterocycles. The molecule has 0 aliphatic carbocycles. The number of carbonyl (C=O) groups is 1. The van der Waals surface area contributed by atoms with Gasteiger partial charge in [-0.15, -0.1) is 15.0 Å². The van der Waals surface area contributed by atoms with Crippen LogP contribution in [0.4, 0.5) is 5.00 Å². The van der Waals surface area contributed by atoms with Crippen molar-refractivity contribution in [2.75, 3.05) is 3.71 Å². The van der Waals surface area contributed by atoms with Gasteiger partial charge < -0.3 is 0 Å². The molecular weight excluding hydrogens is 418 g/mol. The van der Waals surface area contributed by atoms with E-state index >= 15 is 0 Å². The second kappa shape index (κ2) is 7.50. The number of carbonyl (C=O) groups excluding carboxylic acids is 1. The highest BCUT2D eigenvalue weighted by Gasteiger charge is 2.39. The van der Waals surface area contributed by atoms with Crippen molar-refractivity contribution in [3.05, 3.63) is 77.2 Å². The van der Waals surface area contributed by atoms with Gasteiger partial charge >= 0.3 is 0 Å². The lowest BCUT2D eigenvalue weighted by atomic mass is 10.3. The number of nitrogens with zero attached hydrogens (tertiary/aromatic N) is 1. The highest BCUT2D eigenvalue weighted by Crippen LogP contribution is 2.38. The second-order valence-corrected chi connectivity index (χ2v) is 10.8. The van der Waals surface area contributed by atoms with E-state index in [2.05, 4.69) is 0 Å². The van der Waals surface area contributed by atoms with Gasteiger partial charge in [-0.1, -0.05) is 36.4 Å². The molecule has 6 nitrogen and oxygen atoms in total. The van der Waals surface area contributed by atoms with Crippen molar-refractivity contribution < 1.29 is 21.6 Å². The van der Waals surface area contributed by atoms with Crippen molar-refractivity contribution in [3.63, 3.8) is 0 Å². The van der Waals surface area contributed by atoms with E-state index in [4.69, 9.17) is 0 Å². The molecule has 0 saturated carbocycles. The summed E-state index contributed by atoms with van der Waals surface area (Å²) in [5.74, 6) is -0.270. The summed E-state index contributed by atoms with van der Waals surface area (Å²) in [5.41, 5.74) is 0.384. The smallest absolute Gasteiger partial charge is 0.278 e. The van der Waals surface area contributed by atoms with Gasteiger partial charge in [0, 0.05) is 0 Å². The molecule has 0 radical (unpaired) electrons. The summed E-state index contributed by atoms with van der Waals surface area (Å²) >= 11 is 0.837. The van der Waals surface area contributed by atoms with E-state index in [9.17, 15) is 21.6 Å². The predicted octanol–water partition coefficient (Wildman–Crippen LogP) is 3.84. The zero-order chi connectivity index (χ0) is 20.5. The summed E-state index contributed by atoms with van der Waals surface area (Å²) in [6.07, 6.45) is 0. The summed E-state index contributed by atoms with van der Waals surface area (Å²) in [6.45, 7) is 2.92. The summed E-state index contributed by atoms with van der Waals surface area (Å²) in [6, 6.07) is 16.2. The molecule has 3 rings (SSSR count). The van der Waals surface area contributed by atoms with Crippen molar-refractivity contribution >= 4 is 42.2 Å². The number of hydrogen-bond donors (Lipinski definition) is 0. The molecular formula is C19H17NO5S3. The fourth-order valence-corrected chi connectivity index (χ4v) is 7.91. The van der Waals surface area contributed by atoms with Crippen LogP contribution in [0.1, 0.15) is 22.2 Å². The number of anilines is 1. The van der Waals surface area contributed by atoms with Gasteiger partial charge in [0.1, 0.15) is 5.00 Å². The van der Waals surface area contributed by atoms with E-state index in [1.165, 1.54) is 61.5 Å². The van der Waals surface area contributed by atoms with Gasteiger partial charge in [-0.25, -0.2) is 0 Å². The van der Waals surface area contributed by atoms with Gasteiger partial charge in [0.25, 0.3) is 20.0 Å². The molecule has 0 amide bonds. The maximum Gasteiger partial charge on any atom is 0.278 e. The van der Waals surface area contributed by atoms with Gasteiger partial charge in [0.15, 0.2) is 5.78 Å². The molecule has 146 valence electrons. The lowest BCUT2D eigenvalue weighted by molar-refractivity contribution is 0.102. The lowest BCUT2D eigenvalue weighted by Crippen LogP contribution is -2.36. The first-order valence-electron chi connectivity index (χ1n) is 8.17. The predicted molar refractivity (Wildman–Crippen MR) is 109 cm³/mol. The molecule has 9 heteroatoms. The highest BCUT2D eigenvalue weighted by molar-refractivity contribution is 8.10. The molecule has 0 N–H and O–H groups in total. The first-order chi connectivity index (χ1) is 13.2. The van der Waals surface area contributed by atoms with E-state index in [1.54, 1.807) is 19.1 Å². The van der Waals surface area contributed by atoms with Crippen molar-refractivity contribution in [2.45, 2.75) is 23.6 Å². The number of hydrogen-bond acceptors (Lipinski definition) is 6. The monoisotopic (exact) mass is 435 g/mol. The Morgan fingerprint density at radius 1 is 0.821 bits per heavy atom. The minimum Gasteiger partial charge on any atom is -0.294 e. The molecule has 1 heterocycles. The molecule has 0 unspecified atom stereocenters. The lowest BCUT2D eigenvalue weighted by Gasteiger charge is -2.23. The van der Waals surface area contributed by atoms with Crippen LogP contribution >= 0.6 is 11.3 Å². The van der Waals surface area contributed by atoms with Crippen molar-refractivity contribution in [1.29, 1.82) is 0 Å². The molecule has 0 spiro atoms. The Bertz CT molecular complexity index is 1150. The Morgan fingerprint density at radius 2 is 1.25 bits per heavy atom. The molecule has 28 heavy (non-hydrogen) atoms. The Balaban J connectivity index is 2.31. The normalized spacial score (nSPS) is 11.9. The highest BCUT2D eigenvalue weighted by atomic mass is 32.3. The van der Waals surface area contributed by atoms with Crippen LogP contribution in [-0.4, -0.2) is 22.6 Å². The maximum absolute atomic E-state index is 13.4. The third-order valence-corrected chi connectivity index (χ3v) is 9.63. The SMILES string of the molecule is CC(=O)c1cc(C)c(N(S(=O)(=O)c2ccccc2)S(=O)(=O)c2ccccc2)s1. The van der Waals surface area contributed by atoms with Gasteiger partial charge in [0.05, 0.1) is 14.7 Å². The summed E-state index contributed by atoms with van der Waals surface area (Å²) in [4.78, 5) is 11.7. The van der Waals surface area contributed by atoms with Crippen LogP contribution in [-0.2, 0) is 20.0 Å². The van der Waals surface area contributed by atoms with Crippen LogP contribution in [0, 0.1) is 6.92 Å². The zero-order valence-electron chi connectivity index (χ0n) is 15.1. The van der Waals surface area contributed by atoms with Gasteiger partial charge in [-0.3, -0.25) is 4.79 Å². The van der Waals surface area contributed by atoms with E-state index in [0.717, 1.165) is 11.3 Å². The van der Waals surface area contributed by atoms with Crippen LogP contribution in [0.15, 0.2) is 76.5 Å². The Morgan fingerprint density at radius 3 is 1.61 bits per heavy atom. The first kappa shape index (κ1) is 20.2. The number of benzene rings is 2. The quantitative estimate of drug-likeness (QED) is 0.549. The molecule has 0 atom stereocenters. The Kier molecular flexibility index (Phi) is 5.42. The summed E-state index contributed by atoms with van der Waals surface area (Å²) in [7, 11) is -8.90. The standard InChI is InChI=1S/C19H17NO5S3/c1-14-13-18(15(2)21)26-19(14)20(27(22,23)16-9-5-3-6-10-16)28(24,25)17-11-7-4-8-12-17/h3-13H,1-2H3. The van der Waals surface area contributed by atoms with Gasteiger partial charge in [0.2, 0.25) is 0 Å². The summed E-state index contributed by atoms with van der Waals surface area (Å²) in [5, 5.41) is -0.0297. The topological polar surface area (TPSA) is 88.6 Å². The second-order valence-electron chi connectivity index (χ2n) is 5.99. The van der Waals surface area contributed by atoms with Crippen molar-refractivity contribution in [2.24, 2.45) is 0 Å². The average Bonchev–Trinajstić information content (AvgIpc) is 3.04. The number of aryl methyl sites for hydroxylation is 1. The van der Waals surface area contributed by atoms with Crippen LogP contribution in [0.5, 0.6) is 0 Å². The molecule has 0 bridgehead atoms. The van der Waals surface area contributed by atoms with Crippen molar-refractivity contribution in [1.82, 2.24) is 0 Å². The Hall–Kier alpha value is -2.49. The molecule has 0 fully saturated rings. The number of ketones is 1. The number of rotatable bonds is 6. The number of sulfonamides is 2. The summed E-state index contributed by atoms with van der Waals surface area (Å²) < 4.78 is 53.8. The van der Waals surface area contributed by atoms with E-state index in [-0.39, 0.29) is 25.5 Å². The molecule has 2 aromatic carbocycles. The zero-order valence-corrected chi connectivity index (χ0v) is 17.5. The van der Waals surface area contributed by atoms with Crippen LogP contribution in [0.2, 0.25) is 0 Å². The molecule has 0 aliphatic heterocycles. The average molecular weight is 436 g/mol. The van der Waals surface area contributed by atoms with E-state index < -0.39 is 20.0 Å². The Labute approximate surface area is 168 Å².